The lowest BCUT2D eigenvalue weighted by molar-refractivity contribution is 0.433. The molecule has 2 nitrogen and oxygen atoms in total. The molecule has 3 heteroatoms. The second-order valence-corrected chi connectivity index (χ2v) is 26.9. The Hall–Kier alpha value is -7.07. The van der Waals surface area contributed by atoms with E-state index in [4.69, 9.17) is 4.74 Å². The predicted molar refractivity (Wildman–Crippen MR) is 315 cm³/mol. The molecule has 2 spiro atoms. The molecule has 0 fully saturated rings. The van der Waals surface area contributed by atoms with E-state index in [1.165, 1.54) is 98.8 Å². The number of ether oxygens (including phenoxy) is 1. The van der Waals surface area contributed by atoms with E-state index in [0.717, 1.165) is 28.6 Å². The van der Waals surface area contributed by atoms with Gasteiger partial charge in [0.1, 0.15) is 11.5 Å². The van der Waals surface area contributed by atoms with Crippen molar-refractivity contribution in [1.29, 1.82) is 0 Å². The number of anilines is 3. The van der Waals surface area contributed by atoms with Crippen LogP contribution in [0.15, 0.2) is 198 Å². The van der Waals surface area contributed by atoms with Crippen LogP contribution in [-0.2, 0) is 32.5 Å². The van der Waals surface area contributed by atoms with Crippen molar-refractivity contribution >= 4 is 28.8 Å². The molecule has 9 aromatic carbocycles. The molecule has 0 atom stereocenters. The number of hydrogen-bond acceptors (Lipinski definition) is 3. The zero-order valence-corrected chi connectivity index (χ0v) is 46.5. The lowest BCUT2D eigenvalue weighted by atomic mass is 9.64. The van der Waals surface area contributed by atoms with Gasteiger partial charge >= 0.3 is 0 Å². The zero-order valence-electron chi connectivity index (χ0n) is 45.7. The molecule has 0 radical (unpaired) electrons. The number of fused-ring (bicyclic) bond motifs is 18. The first-order valence-electron chi connectivity index (χ1n) is 27.0. The second-order valence-electron chi connectivity index (χ2n) is 25.8. The molecule has 0 saturated heterocycles. The Labute approximate surface area is 449 Å². The van der Waals surface area contributed by atoms with Crippen LogP contribution in [0.1, 0.15) is 150 Å². The standard InChI is InChI=1S/C72H67NOS/c1-67(2,3)44-26-32-52-53-33-27-45(68(4,5)6)39-58(53)72(57(52)38-44)56-24-18-19-25-65(56)75-66-37-31-50(43-62(66)72)73(48-20-14-13-15-21-48)49-30-34-54-51-22-16-17-23-55(51)71(59(54)42-49)60-40-46(69(7,8)9)28-35-63(60)74-64-36-29-47(41-61(64)71)70(10,11)12/h13-43H,1-12H3. The smallest absolute Gasteiger partial charge is 0.132 e. The number of hydrogen-bond donors (Lipinski definition) is 0. The average Bonchev–Trinajstić information content (AvgIpc) is 3.96. The normalized spacial score (nSPS) is 15.2. The molecule has 0 N–H and O–H groups in total. The van der Waals surface area contributed by atoms with Crippen LogP contribution in [-0.4, -0.2) is 0 Å². The summed E-state index contributed by atoms with van der Waals surface area (Å²) in [5.41, 5.74) is 22.6. The highest BCUT2D eigenvalue weighted by Crippen LogP contribution is 2.66. The molecule has 9 aromatic rings. The number of para-hydroxylation sites is 1. The Morgan fingerprint density at radius 2 is 0.693 bits per heavy atom. The molecule has 13 rings (SSSR count). The third-order valence-electron chi connectivity index (χ3n) is 17.0. The minimum atomic E-state index is -0.664. The molecule has 2 aliphatic carbocycles. The molecule has 75 heavy (non-hydrogen) atoms. The Balaban J connectivity index is 1.10. The second kappa shape index (κ2) is 16.2. The van der Waals surface area contributed by atoms with E-state index in [-0.39, 0.29) is 21.7 Å². The third-order valence-corrected chi connectivity index (χ3v) is 18.2. The summed E-state index contributed by atoms with van der Waals surface area (Å²) in [7, 11) is 0. The fourth-order valence-corrected chi connectivity index (χ4v) is 14.2. The summed E-state index contributed by atoms with van der Waals surface area (Å²) in [5, 5.41) is 0. The maximum Gasteiger partial charge on any atom is 0.132 e. The van der Waals surface area contributed by atoms with Crippen molar-refractivity contribution in [2.24, 2.45) is 0 Å². The summed E-state index contributed by atoms with van der Waals surface area (Å²) in [6.45, 7) is 28.0. The van der Waals surface area contributed by atoms with E-state index in [2.05, 4.69) is 276 Å². The monoisotopic (exact) mass is 993 g/mol. The van der Waals surface area contributed by atoms with E-state index < -0.39 is 10.8 Å². The minimum absolute atomic E-state index is 0.0437. The highest BCUT2D eigenvalue weighted by atomic mass is 32.2. The Kier molecular flexibility index (Phi) is 10.3. The van der Waals surface area contributed by atoms with E-state index >= 15 is 0 Å². The van der Waals surface area contributed by atoms with Gasteiger partial charge in [-0.05, 0) is 172 Å². The first-order valence-corrected chi connectivity index (χ1v) is 27.8. The summed E-state index contributed by atoms with van der Waals surface area (Å²) in [5.74, 6) is 1.82. The van der Waals surface area contributed by atoms with Crippen molar-refractivity contribution in [1.82, 2.24) is 0 Å². The first-order chi connectivity index (χ1) is 35.7. The lowest BCUT2D eigenvalue weighted by Crippen LogP contribution is -2.33. The van der Waals surface area contributed by atoms with Crippen LogP contribution in [0.4, 0.5) is 17.1 Å². The molecule has 372 valence electrons. The van der Waals surface area contributed by atoms with Crippen molar-refractivity contribution in [3.63, 3.8) is 0 Å². The quantitative estimate of drug-likeness (QED) is 0.175. The molecular weight excluding hydrogens is 927 g/mol. The molecule has 0 unspecified atom stereocenters. The Morgan fingerprint density at radius 1 is 0.307 bits per heavy atom. The number of rotatable bonds is 3. The van der Waals surface area contributed by atoms with Gasteiger partial charge in [-0.1, -0.05) is 210 Å². The molecule has 0 bridgehead atoms. The van der Waals surface area contributed by atoms with Gasteiger partial charge in [0.05, 0.1) is 10.8 Å². The summed E-state index contributed by atoms with van der Waals surface area (Å²) < 4.78 is 7.06. The molecule has 0 aromatic heterocycles. The van der Waals surface area contributed by atoms with Crippen LogP contribution < -0.4 is 9.64 Å². The van der Waals surface area contributed by atoms with Crippen molar-refractivity contribution < 1.29 is 4.74 Å². The molecule has 0 amide bonds. The van der Waals surface area contributed by atoms with E-state index in [1.54, 1.807) is 0 Å². The Morgan fingerprint density at radius 3 is 1.24 bits per heavy atom. The first kappa shape index (κ1) is 47.6. The highest BCUT2D eigenvalue weighted by Gasteiger charge is 2.54. The van der Waals surface area contributed by atoms with Gasteiger partial charge in [-0.3, -0.25) is 0 Å². The van der Waals surface area contributed by atoms with Gasteiger partial charge in [-0.2, -0.15) is 0 Å². The molecule has 0 saturated carbocycles. The number of nitrogens with zero attached hydrogens (tertiary/aromatic N) is 1. The minimum Gasteiger partial charge on any atom is -0.457 e. The van der Waals surface area contributed by atoms with Crippen LogP contribution in [0.25, 0.3) is 22.3 Å². The van der Waals surface area contributed by atoms with Crippen molar-refractivity contribution in [2.75, 3.05) is 4.90 Å². The van der Waals surface area contributed by atoms with Crippen LogP contribution >= 0.6 is 11.8 Å². The predicted octanol–water partition coefficient (Wildman–Crippen LogP) is 19.6. The molecular formula is C72H67NOS. The number of benzene rings is 9. The lowest BCUT2D eigenvalue weighted by Gasteiger charge is -2.42. The van der Waals surface area contributed by atoms with Gasteiger partial charge in [0.2, 0.25) is 0 Å². The summed E-state index contributed by atoms with van der Waals surface area (Å²) in [6, 6.07) is 72.7. The maximum absolute atomic E-state index is 7.06. The van der Waals surface area contributed by atoms with Gasteiger partial charge < -0.3 is 9.64 Å². The largest absolute Gasteiger partial charge is 0.457 e. The van der Waals surface area contributed by atoms with Crippen LogP contribution in [0.2, 0.25) is 0 Å². The van der Waals surface area contributed by atoms with Crippen LogP contribution in [0, 0.1) is 0 Å². The highest BCUT2D eigenvalue weighted by molar-refractivity contribution is 7.99. The fourth-order valence-electron chi connectivity index (χ4n) is 13.0. The van der Waals surface area contributed by atoms with Crippen molar-refractivity contribution in [2.45, 2.75) is 125 Å². The van der Waals surface area contributed by atoms with Crippen molar-refractivity contribution in [3.05, 3.63) is 255 Å². The van der Waals surface area contributed by atoms with E-state index in [1.807, 2.05) is 11.8 Å². The molecule has 2 heterocycles. The molecule has 2 aliphatic heterocycles. The zero-order chi connectivity index (χ0) is 52.2. The van der Waals surface area contributed by atoms with Crippen LogP contribution in [0.3, 0.4) is 0 Å². The SMILES string of the molecule is CC(C)(C)c1ccc2c(c1)C1(c3cc(C(C)(C)C)ccc3O2)c2ccccc2-c2ccc(N(c3ccccc3)c3ccc4c(c3)C3(c5ccccc5S4)c4cc(C(C)(C)C)ccc4-c4ccc(C(C)(C)C)cc43)cc21. The average molecular weight is 994 g/mol. The topological polar surface area (TPSA) is 12.5 Å². The summed E-state index contributed by atoms with van der Waals surface area (Å²) in [4.78, 5) is 5.11. The van der Waals surface area contributed by atoms with E-state index in [0.29, 0.717) is 0 Å². The van der Waals surface area contributed by atoms with Gasteiger partial charge in [0.25, 0.3) is 0 Å². The van der Waals surface area contributed by atoms with Crippen LogP contribution in [0.5, 0.6) is 11.5 Å². The Bertz CT molecular complexity index is 3700. The van der Waals surface area contributed by atoms with E-state index in [9.17, 15) is 0 Å². The third kappa shape index (κ3) is 6.99. The molecule has 4 aliphatic rings. The summed E-state index contributed by atoms with van der Waals surface area (Å²) >= 11 is 1.91. The van der Waals surface area contributed by atoms with Gasteiger partial charge in [0, 0.05) is 38.0 Å². The fraction of sp³-hybridized carbons (Fsp3) is 0.250. The maximum atomic E-state index is 7.06. The van der Waals surface area contributed by atoms with Gasteiger partial charge in [0.15, 0.2) is 0 Å². The van der Waals surface area contributed by atoms with Gasteiger partial charge in [-0.25, -0.2) is 0 Å². The van der Waals surface area contributed by atoms with Gasteiger partial charge in [-0.15, -0.1) is 0 Å². The van der Waals surface area contributed by atoms with Crippen molar-refractivity contribution in [3.8, 4) is 33.8 Å². The summed E-state index contributed by atoms with van der Waals surface area (Å²) in [6.07, 6.45) is 0.